The Labute approximate surface area is 107 Å². The number of ether oxygens (including phenoxy) is 1. The van der Waals surface area contributed by atoms with Crippen molar-refractivity contribution in [2.45, 2.75) is 0 Å². The van der Waals surface area contributed by atoms with Gasteiger partial charge in [0.2, 0.25) is 0 Å². The smallest absolute Gasteiger partial charge is 0.312 e. The molecule has 0 unspecified atom stereocenters. The van der Waals surface area contributed by atoms with E-state index in [1.807, 2.05) is 0 Å². The van der Waals surface area contributed by atoms with E-state index >= 15 is 0 Å². The molecule has 8 heteroatoms. The van der Waals surface area contributed by atoms with Crippen molar-refractivity contribution in [2.24, 2.45) is 0 Å². The second-order valence-electron chi connectivity index (χ2n) is 3.58. The zero-order chi connectivity index (χ0) is 13.8. The van der Waals surface area contributed by atoms with Gasteiger partial charge in [0.15, 0.2) is 5.75 Å². The van der Waals surface area contributed by atoms with Crippen LogP contribution in [0.1, 0.15) is 10.4 Å². The average molecular weight is 262 g/mol. The van der Waals surface area contributed by atoms with Crippen molar-refractivity contribution in [2.75, 3.05) is 12.4 Å². The van der Waals surface area contributed by atoms with Gasteiger partial charge in [-0.15, -0.1) is 0 Å². The summed E-state index contributed by atoms with van der Waals surface area (Å²) in [4.78, 5) is 22.0. The number of H-pyrrole nitrogens is 1. The number of anilines is 1. The molecule has 1 aromatic heterocycles. The van der Waals surface area contributed by atoms with Crippen molar-refractivity contribution in [1.82, 2.24) is 10.2 Å². The Kier molecular flexibility index (Phi) is 3.42. The number of hydrogen-bond donors (Lipinski definition) is 2. The Morgan fingerprint density at radius 3 is 2.89 bits per heavy atom. The minimum atomic E-state index is -0.577. The second-order valence-corrected chi connectivity index (χ2v) is 3.58. The molecule has 19 heavy (non-hydrogen) atoms. The summed E-state index contributed by atoms with van der Waals surface area (Å²) in [6, 6.07) is 4.17. The van der Waals surface area contributed by atoms with E-state index in [0.717, 1.165) is 0 Å². The molecule has 0 spiro atoms. The summed E-state index contributed by atoms with van der Waals surface area (Å²) in [6.07, 6.45) is 2.78. The van der Waals surface area contributed by atoms with E-state index in [0.29, 0.717) is 11.3 Å². The Hall–Kier alpha value is -2.90. The van der Waals surface area contributed by atoms with Gasteiger partial charge in [-0.3, -0.25) is 20.0 Å². The third-order valence-corrected chi connectivity index (χ3v) is 2.39. The maximum Gasteiger partial charge on any atom is 0.312 e. The monoisotopic (exact) mass is 262 g/mol. The Balaban J connectivity index is 2.24. The van der Waals surface area contributed by atoms with Gasteiger partial charge in [-0.05, 0) is 12.1 Å². The highest BCUT2D eigenvalue weighted by molar-refractivity contribution is 6.04. The standard InChI is InChI=1S/C11H10N4O4/c1-19-10-3-2-8(4-9(10)15(17)18)14-11(16)7-5-12-13-6-7/h2-6H,1H3,(H,12,13)(H,14,16). The van der Waals surface area contributed by atoms with Gasteiger partial charge in [-0.25, -0.2) is 0 Å². The SMILES string of the molecule is COc1ccc(NC(=O)c2cn[nH]c2)cc1[N+](=O)[O-]. The number of aromatic amines is 1. The van der Waals surface area contributed by atoms with Crippen molar-refractivity contribution in [3.8, 4) is 5.75 Å². The second kappa shape index (κ2) is 5.17. The van der Waals surface area contributed by atoms with Crippen LogP contribution in [0.15, 0.2) is 30.6 Å². The van der Waals surface area contributed by atoms with Crippen LogP contribution in [-0.2, 0) is 0 Å². The van der Waals surface area contributed by atoms with Crippen molar-refractivity contribution < 1.29 is 14.5 Å². The third kappa shape index (κ3) is 2.68. The summed E-state index contributed by atoms with van der Waals surface area (Å²) in [5, 5.41) is 19.5. The zero-order valence-corrected chi connectivity index (χ0v) is 9.91. The Morgan fingerprint density at radius 2 is 2.32 bits per heavy atom. The fraction of sp³-hybridized carbons (Fsp3) is 0.0909. The number of hydrogen-bond acceptors (Lipinski definition) is 5. The molecule has 1 heterocycles. The molecule has 2 rings (SSSR count). The molecule has 1 aromatic carbocycles. The maximum atomic E-state index is 11.7. The number of nitrogens with one attached hydrogen (secondary N) is 2. The number of rotatable bonds is 4. The molecule has 8 nitrogen and oxygen atoms in total. The summed E-state index contributed by atoms with van der Waals surface area (Å²) < 4.78 is 4.87. The number of methoxy groups -OCH3 is 1. The highest BCUT2D eigenvalue weighted by Crippen LogP contribution is 2.29. The van der Waals surface area contributed by atoms with Crippen molar-refractivity contribution in [3.63, 3.8) is 0 Å². The van der Waals surface area contributed by atoms with Gasteiger partial charge in [0.05, 0.1) is 23.8 Å². The predicted molar refractivity (Wildman–Crippen MR) is 66.2 cm³/mol. The van der Waals surface area contributed by atoms with Crippen LogP contribution in [0.3, 0.4) is 0 Å². The number of carbonyl (C=O) groups is 1. The maximum absolute atomic E-state index is 11.7. The molecule has 2 aromatic rings. The van der Waals surface area contributed by atoms with Crippen LogP contribution >= 0.6 is 0 Å². The molecule has 0 aliphatic heterocycles. The molecule has 0 radical (unpaired) electrons. The Bertz CT molecular complexity index is 609. The molecule has 2 N–H and O–H groups in total. The first-order chi connectivity index (χ1) is 9.11. The van der Waals surface area contributed by atoms with Gasteiger partial charge in [-0.2, -0.15) is 5.10 Å². The van der Waals surface area contributed by atoms with Gasteiger partial charge >= 0.3 is 5.69 Å². The summed E-state index contributed by atoms with van der Waals surface area (Å²) in [5.41, 5.74) is 0.421. The molecule has 0 saturated carbocycles. The number of benzene rings is 1. The number of amides is 1. The molecule has 0 aliphatic rings. The van der Waals surface area contributed by atoms with Gasteiger partial charge < -0.3 is 10.1 Å². The molecule has 0 saturated heterocycles. The van der Waals surface area contributed by atoms with E-state index in [-0.39, 0.29) is 11.4 Å². The molecule has 0 atom stereocenters. The molecule has 98 valence electrons. The van der Waals surface area contributed by atoms with Crippen LogP contribution in [0.25, 0.3) is 0 Å². The lowest BCUT2D eigenvalue weighted by Crippen LogP contribution is -2.11. The largest absolute Gasteiger partial charge is 0.490 e. The fourth-order valence-electron chi connectivity index (χ4n) is 1.49. The topological polar surface area (TPSA) is 110 Å². The number of nitro benzene ring substituents is 1. The first-order valence-corrected chi connectivity index (χ1v) is 5.24. The summed E-state index contributed by atoms with van der Waals surface area (Å²) in [6.45, 7) is 0. The van der Waals surface area contributed by atoms with Crippen LogP contribution in [0, 0.1) is 10.1 Å². The lowest BCUT2D eigenvalue weighted by molar-refractivity contribution is -0.385. The fourth-order valence-corrected chi connectivity index (χ4v) is 1.49. The van der Waals surface area contributed by atoms with Crippen LogP contribution < -0.4 is 10.1 Å². The lowest BCUT2D eigenvalue weighted by atomic mass is 10.2. The van der Waals surface area contributed by atoms with Crippen LogP contribution in [-0.4, -0.2) is 28.1 Å². The molecule has 0 bridgehead atoms. The molecule has 0 fully saturated rings. The number of aromatic nitrogens is 2. The average Bonchev–Trinajstić information content (AvgIpc) is 2.92. The summed E-state index contributed by atoms with van der Waals surface area (Å²) in [7, 11) is 1.34. The summed E-state index contributed by atoms with van der Waals surface area (Å²) >= 11 is 0. The molecule has 1 amide bonds. The summed E-state index contributed by atoms with van der Waals surface area (Å²) in [5.74, 6) is -0.278. The van der Waals surface area contributed by atoms with Crippen molar-refractivity contribution in [1.29, 1.82) is 0 Å². The molecular weight excluding hydrogens is 252 g/mol. The lowest BCUT2D eigenvalue weighted by Gasteiger charge is -2.06. The van der Waals surface area contributed by atoms with Gasteiger partial charge in [-0.1, -0.05) is 0 Å². The zero-order valence-electron chi connectivity index (χ0n) is 9.91. The number of carbonyl (C=O) groups excluding carboxylic acids is 1. The van der Waals surface area contributed by atoms with Gasteiger partial charge in [0, 0.05) is 18.0 Å². The van der Waals surface area contributed by atoms with Crippen molar-refractivity contribution in [3.05, 3.63) is 46.3 Å². The van der Waals surface area contributed by atoms with E-state index in [1.165, 1.54) is 37.7 Å². The Morgan fingerprint density at radius 1 is 1.53 bits per heavy atom. The highest BCUT2D eigenvalue weighted by atomic mass is 16.6. The van der Waals surface area contributed by atoms with Crippen LogP contribution in [0.4, 0.5) is 11.4 Å². The van der Waals surface area contributed by atoms with Gasteiger partial charge in [0.25, 0.3) is 5.91 Å². The molecular formula is C11H10N4O4. The van der Waals surface area contributed by atoms with Crippen molar-refractivity contribution >= 4 is 17.3 Å². The van der Waals surface area contributed by atoms with E-state index in [4.69, 9.17) is 4.74 Å². The predicted octanol–water partition coefficient (Wildman–Crippen LogP) is 1.58. The quantitative estimate of drug-likeness (QED) is 0.642. The number of nitrogens with zero attached hydrogens (tertiary/aromatic N) is 2. The highest BCUT2D eigenvalue weighted by Gasteiger charge is 2.16. The van der Waals surface area contributed by atoms with E-state index in [2.05, 4.69) is 15.5 Å². The third-order valence-electron chi connectivity index (χ3n) is 2.39. The minimum Gasteiger partial charge on any atom is -0.490 e. The minimum absolute atomic E-state index is 0.131. The van der Waals surface area contributed by atoms with Crippen LogP contribution in [0.5, 0.6) is 5.75 Å². The normalized spacial score (nSPS) is 9.95. The van der Waals surface area contributed by atoms with Gasteiger partial charge in [0.1, 0.15) is 0 Å². The van der Waals surface area contributed by atoms with E-state index < -0.39 is 10.8 Å². The van der Waals surface area contributed by atoms with E-state index in [1.54, 1.807) is 0 Å². The first-order valence-electron chi connectivity index (χ1n) is 5.24. The first kappa shape index (κ1) is 12.6. The molecule has 0 aliphatic carbocycles. The number of nitro groups is 1. The van der Waals surface area contributed by atoms with Crippen LogP contribution in [0.2, 0.25) is 0 Å². The van der Waals surface area contributed by atoms with E-state index in [9.17, 15) is 14.9 Å².